The first kappa shape index (κ1) is 17.7. The molecule has 2 N–H and O–H groups in total. The molecule has 1 aromatic rings. The average molecular weight is 347 g/mol. The number of carbonyl (C=O) groups is 2. The molecule has 0 saturated carbocycles. The van der Waals surface area contributed by atoms with Gasteiger partial charge in [0, 0.05) is 32.1 Å². The van der Waals surface area contributed by atoms with E-state index in [0.29, 0.717) is 39.4 Å². The SMILES string of the molecule is O=C(O)CN1C[C@H]2COC[C@@H]1CN(C(=O)NCCc1ccccc1)C2. The highest BCUT2D eigenvalue weighted by Crippen LogP contribution is 2.19. The van der Waals surface area contributed by atoms with E-state index in [1.54, 1.807) is 0 Å². The van der Waals surface area contributed by atoms with E-state index in [4.69, 9.17) is 9.84 Å². The molecule has 136 valence electrons. The van der Waals surface area contributed by atoms with Gasteiger partial charge in [0.25, 0.3) is 0 Å². The second kappa shape index (κ2) is 8.31. The normalized spacial score (nSPS) is 23.8. The summed E-state index contributed by atoms with van der Waals surface area (Å²) in [6.07, 6.45) is 0.793. The third-order valence-corrected chi connectivity index (χ3v) is 4.74. The fraction of sp³-hybridized carbons (Fsp3) is 0.556. The molecule has 0 aromatic heterocycles. The van der Waals surface area contributed by atoms with Crippen LogP contribution in [0.5, 0.6) is 0 Å². The van der Waals surface area contributed by atoms with Crippen LogP contribution >= 0.6 is 0 Å². The number of hydrogen-bond acceptors (Lipinski definition) is 4. The number of nitrogens with zero attached hydrogens (tertiary/aromatic N) is 2. The highest BCUT2D eigenvalue weighted by Gasteiger charge is 2.35. The second-order valence-corrected chi connectivity index (χ2v) is 6.75. The number of rotatable bonds is 5. The van der Waals surface area contributed by atoms with Gasteiger partial charge in [-0.1, -0.05) is 30.3 Å². The summed E-state index contributed by atoms with van der Waals surface area (Å²) in [5, 5.41) is 12.1. The summed E-state index contributed by atoms with van der Waals surface area (Å²) >= 11 is 0. The molecule has 0 aliphatic carbocycles. The standard InChI is InChI=1S/C18H25N3O4/c22-17(23)11-20-8-15-9-21(10-16(20)13-25-12-15)18(24)19-7-6-14-4-2-1-3-5-14/h1-5,15-16H,6-13H2,(H,19,24)(H,22,23)/t15-,16+/m1/s1. The van der Waals surface area contributed by atoms with E-state index in [-0.39, 0.29) is 24.5 Å². The smallest absolute Gasteiger partial charge is 0.317 e. The molecule has 2 amide bonds. The van der Waals surface area contributed by atoms with Crippen LogP contribution in [0, 0.1) is 5.92 Å². The maximum absolute atomic E-state index is 12.5. The Morgan fingerprint density at radius 2 is 1.96 bits per heavy atom. The summed E-state index contributed by atoms with van der Waals surface area (Å²) in [5.74, 6) is -0.696. The second-order valence-electron chi connectivity index (χ2n) is 6.75. The van der Waals surface area contributed by atoms with E-state index in [9.17, 15) is 9.59 Å². The Kier molecular flexibility index (Phi) is 5.88. The van der Waals surface area contributed by atoms with Gasteiger partial charge in [-0.15, -0.1) is 0 Å². The predicted molar refractivity (Wildman–Crippen MR) is 92.4 cm³/mol. The molecule has 2 atom stereocenters. The Balaban J connectivity index is 1.55. The number of carbonyl (C=O) groups excluding carboxylic acids is 1. The highest BCUT2D eigenvalue weighted by molar-refractivity contribution is 5.74. The molecule has 1 aromatic carbocycles. The lowest BCUT2D eigenvalue weighted by Gasteiger charge is -2.30. The van der Waals surface area contributed by atoms with Gasteiger partial charge in [-0.3, -0.25) is 9.69 Å². The van der Waals surface area contributed by atoms with E-state index in [2.05, 4.69) is 5.32 Å². The molecule has 0 radical (unpaired) electrons. The van der Waals surface area contributed by atoms with Gasteiger partial charge in [0.1, 0.15) is 0 Å². The van der Waals surface area contributed by atoms with Gasteiger partial charge in [0.2, 0.25) is 0 Å². The first-order valence-electron chi connectivity index (χ1n) is 8.72. The lowest BCUT2D eigenvalue weighted by Crippen LogP contribution is -2.49. The fourth-order valence-electron chi connectivity index (χ4n) is 3.53. The van der Waals surface area contributed by atoms with E-state index >= 15 is 0 Å². The minimum atomic E-state index is -0.841. The van der Waals surface area contributed by atoms with Gasteiger partial charge in [0.05, 0.1) is 25.8 Å². The summed E-state index contributed by atoms with van der Waals surface area (Å²) in [7, 11) is 0. The molecule has 2 saturated heterocycles. The third-order valence-electron chi connectivity index (χ3n) is 4.74. The van der Waals surface area contributed by atoms with Crippen molar-refractivity contribution in [2.45, 2.75) is 12.5 Å². The molecule has 2 heterocycles. The highest BCUT2D eigenvalue weighted by atomic mass is 16.5. The minimum absolute atomic E-state index is 0.00596. The molecule has 2 aliphatic heterocycles. The van der Waals surface area contributed by atoms with Gasteiger partial charge < -0.3 is 20.1 Å². The van der Waals surface area contributed by atoms with Crippen molar-refractivity contribution >= 4 is 12.0 Å². The molecular weight excluding hydrogens is 322 g/mol. The van der Waals surface area contributed by atoms with Gasteiger partial charge in [-0.2, -0.15) is 0 Å². The number of urea groups is 1. The number of fused-ring (bicyclic) bond motifs is 3. The molecule has 2 bridgehead atoms. The van der Waals surface area contributed by atoms with Gasteiger partial charge in [-0.25, -0.2) is 4.79 Å². The van der Waals surface area contributed by atoms with Crippen molar-refractivity contribution in [2.75, 3.05) is 45.9 Å². The quantitative estimate of drug-likeness (QED) is 0.818. The van der Waals surface area contributed by atoms with Crippen LogP contribution in [0.1, 0.15) is 5.56 Å². The number of ether oxygens (including phenoxy) is 1. The Labute approximate surface area is 147 Å². The van der Waals surface area contributed by atoms with Gasteiger partial charge >= 0.3 is 12.0 Å². The molecular formula is C18H25N3O4. The maximum Gasteiger partial charge on any atom is 0.317 e. The molecule has 0 spiro atoms. The number of amides is 2. The van der Waals surface area contributed by atoms with E-state index < -0.39 is 5.97 Å². The molecule has 2 aliphatic rings. The number of benzene rings is 1. The summed E-state index contributed by atoms with van der Waals surface area (Å²) in [5.41, 5.74) is 1.19. The number of aliphatic carboxylic acids is 1. The molecule has 25 heavy (non-hydrogen) atoms. The van der Waals surface area contributed by atoms with Crippen LogP contribution in [0.2, 0.25) is 0 Å². The largest absolute Gasteiger partial charge is 0.480 e. The van der Waals surface area contributed by atoms with Crippen molar-refractivity contribution in [3.8, 4) is 0 Å². The van der Waals surface area contributed by atoms with Crippen LogP contribution in [-0.4, -0.2) is 78.9 Å². The number of hydrogen-bond donors (Lipinski definition) is 2. The number of nitrogens with one attached hydrogen (secondary N) is 1. The Hall–Kier alpha value is -2.12. The van der Waals surface area contributed by atoms with Crippen LogP contribution in [0.25, 0.3) is 0 Å². The minimum Gasteiger partial charge on any atom is -0.480 e. The molecule has 3 rings (SSSR count). The Morgan fingerprint density at radius 3 is 2.72 bits per heavy atom. The first-order chi connectivity index (χ1) is 12.1. The van der Waals surface area contributed by atoms with Crippen molar-refractivity contribution in [3.63, 3.8) is 0 Å². The van der Waals surface area contributed by atoms with E-state index in [0.717, 1.165) is 6.42 Å². The summed E-state index contributed by atoms with van der Waals surface area (Å²) in [4.78, 5) is 27.4. The monoisotopic (exact) mass is 347 g/mol. The van der Waals surface area contributed by atoms with Crippen molar-refractivity contribution in [1.82, 2.24) is 15.1 Å². The number of carboxylic acid groups (broad SMARTS) is 1. The van der Waals surface area contributed by atoms with Crippen LogP contribution < -0.4 is 5.32 Å². The van der Waals surface area contributed by atoms with Crippen molar-refractivity contribution in [1.29, 1.82) is 0 Å². The summed E-state index contributed by atoms with van der Waals surface area (Å²) in [6, 6.07) is 9.90. The van der Waals surface area contributed by atoms with Crippen LogP contribution in [-0.2, 0) is 16.0 Å². The zero-order valence-corrected chi connectivity index (χ0v) is 14.3. The fourth-order valence-corrected chi connectivity index (χ4v) is 3.53. The molecule has 7 heteroatoms. The first-order valence-corrected chi connectivity index (χ1v) is 8.72. The summed E-state index contributed by atoms with van der Waals surface area (Å²) in [6.45, 7) is 3.38. The number of carboxylic acids is 1. The Bertz CT molecular complexity index is 595. The summed E-state index contributed by atoms with van der Waals surface area (Å²) < 4.78 is 5.65. The van der Waals surface area contributed by atoms with Crippen molar-refractivity contribution < 1.29 is 19.4 Å². The van der Waals surface area contributed by atoms with E-state index in [1.807, 2.05) is 40.1 Å². The van der Waals surface area contributed by atoms with Crippen LogP contribution in [0.4, 0.5) is 4.79 Å². The zero-order chi connectivity index (χ0) is 17.6. The topological polar surface area (TPSA) is 82.1 Å². The van der Waals surface area contributed by atoms with Crippen molar-refractivity contribution in [3.05, 3.63) is 35.9 Å². The Morgan fingerprint density at radius 1 is 1.16 bits per heavy atom. The van der Waals surface area contributed by atoms with Gasteiger partial charge in [0.15, 0.2) is 0 Å². The lowest BCUT2D eigenvalue weighted by atomic mass is 10.1. The third kappa shape index (κ3) is 4.93. The maximum atomic E-state index is 12.5. The van der Waals surface area contributed by atoms with Crippen LogP contribution in [0.3, 0.4) is 0 Å². The average Bonchev–Trinajstić information content (AvgIpc) is 2.85. The molecule has 0 unspecified atom stereocenters. The molecule has 2 fully saturated rings. The lowest BCUT2D eigenvalue weighted by molar-refractivity contribution is -0.139. The predicted octanol–water partition coefficient (Wildman–Crippen LogP) is 0.656. The van der Waals surface area contributed by atoms with Gasteiger partial charge in [-0.05, 0) is 12.0 Å². The van der Waals surface area contributed by atoms with Crippen LogP contribution in [0.15, 0.2) is 30.3 Å². The zero-order valence-electron chi connectivity index (χ0n) is 14.3. The van der Waals surface area contributed by atoms with E-state index in [1.165, 1.54) is 5.56 Å². The van der Waals surface area contributed by atoms with Crippen molar-refractivity contribution in [2.24, 2.45) is 5.92 Å². The molecule has 7 nitrogen and oxygen atoms in total.